The molecule has 0 fully saturated rings. The average molecular weight is 245 g/mol. The molecule has 0 rings (SSSR count). The lowest BCUT2D eigenvalue weighted by Gasteiger charge is -2.23. The van der Waals surface area contributed by atoms with E-state index in [1.54, 1.807) is 0 Å². The maximum absolute atomic E-state index is 9.57. The van der Waals surface area contributed by atoms with Gasteiger partial charge in [0.1, 0.15) is 6.23 Å². The molecule has 17 heavy (non-hydrogen) atoms. The molecule has 4 nitrogen and oxygen atoms in total. The molecule has 2 N–H and O–H groups in total. The molecule has 2 atom stereocenters. The van der Waals surface area contributed by atoms with Crippen molar-refractivity contribution in [3.05, 3.63) is 12.7 Å². The zero-order valence-corrected chi connectivity index (χ0v) is 11.1. The van der Waals surface area contributed by atoms with Crippen LogP contribution in [0.2, 0.25) is 0 Å². The molecule has 0 spiro atoms. The van der Waals surface area contributed by atoms with Crippen LogP contribution in [0.15, 0.2) is 12.7 Å². The minimum atomic E-state index is -0.624. The minimum Gasteiger partial charge on any atom is -0.375 e. The lowest BCUT2D eigenvalue weighted by molar-refractivity contribution is -0.104. The molecule has 0 saturated heterocycles. The van der Waals surface area contributed by atoms with Gasteiger partial charge in [0, 0.05) is 13.2 Å². The first-order valence-electron chi connectivity index (χ1n) is 6.50. The Morgan fingerprint density at radius 1 is 1.29 bits per heavy atom. The number of unbranched alkanes of at least 4 members (excludes halogenated alkanes) is 1. The molecule has 0 aliphatic rings. The van der Waals surface area contributed by atoms with Crippen LogP contribution in [0.25, 0.3) is 0 Å². The summed E-state index contributed by atoms with van der Waals surface area (Å²) in [6, 6.07) is 0. The Morgan fingerprint density at radius 3 is 2.53 bits per heavy atom. The SMILES string of the molecule is C=CC(O)N(CC)CCCCOC(O)CCC. The second kappa shape index (κ2) is 10.7. The monoisotopic (exact) mass is 245 g/mol. The molecule has 0 aromatic rings. The van der Waals surface area contributed by atoms with Gasteiger partial charge in [0.05, 0.1) is 0 Å². The summed E-state index contributed by atoms with van der Waals surface area (Å²) in [6.07, 6.45) is 3.80. The molecule has 0 bridgehead atoms. The number of likely N-dealkylation sites (N-methyl/N-ethyl adjacent to an activating group) is 1. The van der Waals surface area contributed by atoms with E-state index in [2.05, 4.69) is 6.58 Å². The standard InChI is InChI=1S/C13H27NO3/c1-4-9-13(16)17-11-8-7-10-14(6-3)12(15)5-2/h5,12-13,15-16H,2,4,6-11H2,1,3H3. The average Bonchev–Trinajstić information content (AvgIpc) is 2.33. The van der Waals surface area contributed by atoms with Gasteiger partial charge in [-0.25, -0.2) is 0 Å². The zero-order chi connectivity index (χ0) is 13.1. The summed E-state index contributed by atoms with van der Waals surface area (Å²) < 4.78 is 5.24. The van der Waals surface area contributed by atoms with E-state index in [0.29, 0.717) is 13.0 Å². The van der Waals surface area contributed by atoms with Crippen molar-refractivity contribution in [1.82, 2.24) is 4.90 Å². The van der Waals surface area contributed by atoms with Gasteiger partial charge in [-0.05, 0) is 31.9 Å². The molecule has 0 saturated carbocycles. The summed E-state index contributed by atoms with van der Waals surface area (Å²) >= 11 is 0. The van der Waals surface area contributed by atoms with Gasteiger partial charge < -0.3 is 14.9 Å². The molecule has 102 valence electrons. The molecule has 4 heteroatoms. The van der Waals surface area contributed by atoms with E-state index in [0.717, 1.165) is 32.4 Å². The second-order valence-electron chi connectivity index (χ2n) is 4.10. The molecule has 0 aliphatic heterocycles. The minimum absolute atomic E-state index is 0.563. The number of aliphatic hydroxyl groups is 2. The maximum atomic E-state index is 9.57. The quantitative estimate of drug-likeness (QED) is 0.331. The van der Waals surface area contributed by atoms with Crippen molar-refractivity contribution in [3.63, 3.8) is 0 Å². The zero-order valence-electron chi connectivity index (χ0n) is 11.1. The Kier molecular flexibility index (Phi) is 10.5. The van der Waals surface area contributed by atoms with Crippen LogP contribution in [0.1, 0.15) is 39.5 Å². The Bertz CT molecular complexity index is 188. The number of rotatable bonds is 11. The van der Waals surface area contributed by atoms with Crippen LogP contribution in [0, 0.1) is 0 Å². The number of hydrogen-bond acceptors (Lipinski definition) is 4. The van der Waals surface area contributed by atoms with Crippen LogP contribution in [0.3, 0.4) is 0 Å². The van der Waals surface area contributed by atoms with Crippen molar-refractivity contribution in [2.75, 3.05) is 19.7 Å². The van der Waals surface area contributed by atoms with E-state index in [4.69, 9.17) is 4.74 Å². The van der Waals surface area contributed by atoms with Crippen LogP contribution >= 0.6 is 0 Å². The van der Waals surface area contributed by atoms with Crippen LogP contribution in [0.5, 0.6) is 0 Å². The van der Waals surface area contributed by atoms with Gasteiger partial charge >= 0.3 is 0 Å². The molecular weight excluding hydrogens is 218 g/mol. The van der Waals surface area contributed by atoms with E-state index < -0.39 is 12.5 Å². The summed E-state index contributed by atoms with van der Waals surface area (Å²) in [5.74, 6) is 0. The van der Waals surface area contributed by atoms with E-state index >= 15 is 0 Å². The summed E-state index contributed by atoms with van der Waals surface area (Å²) in [7, 11) is 0. The third-order valence-corrected chi connectivity index (χ3v) is 2.68. The smallest absolute Gasteiger partial charge is 0.154 e. The number of hydrogen-bond donors (Lipinski definition) is 2. The maximum Gasteiger partial charge on any atom is 0.154 e. The highest BCUT2D eigenvalue weighted by molar-refractivity contribution is 4.78. The van der Waals surface area contributed by atoms with Gasteiger partial charge in [-0.3, -0.25) is 4.90 Å². The fourth-order valence-corrected chi connectivity index (χ4v) is 1.59. The summed E-state index contributed by atoms with van der Waals surface area (Å²) in [5, 5.41) is 18.9. The van der Waals surface area contributed by atoms with E-state index in [9.17, 15) is 10.2 Å². The van der Waals surface area contributed by atoms with Gasteiger partial charge in [0.15, 0.2) is 6.29 Å². The lowest BCUT2D eigenvalue weighted by Crippen LogP contribution is -2.34. The third-order valence-electron chi connectivity index (χ3n) is 2.68. The van der Waals surface area contributed by atoms with E-state index in [1.165, 1.54) is 6.08 Å². The van der Waals surface area contributed by atoms with Crippen molar-refractivity contribution in [2.24, 2.45) is 0 Å². The Labute approximate surface area is 105 Å². The van der Waals surface area contributed by atoms with E-state index in [1.807, 2.05) is 18.7 Å². The molecule has 0 amide bonds. The van der Waals surface area contributed by atoms with Crippen LogP contribution < -0.4 is 0 Å². The summed E-state index contributed by atoms with van der Waals surface area (Å²) in [6.45, 7) is 9.78. The van der Waals surface area contributed by atoms with Crippen LogP contribution in [0.4, 0.5) is 0 Å². The second-order valence-corrected chi connectivity index (χ2v) is 4.10. The van der Waals surface area contributed by atoms with Crippen molar-refractivity contribution in [1.29, 1.82) is 0 Å². The highest BCUT2D eigenvalue weighted by atomic mass is 16.6. The predicted molar refractivity (Wildman–Crippen MR) is 69.6 cm³/mol. The highest BCUT2D eigenvalue weighted by Crippen LogP contribution is 2.03. The van der Waals surface area contributed by atoms with Crippen molar-refractivity contribution in [2.45, 2.75) is 52.0 Å². The Balaban J connectivity index is 3.52. The van der Waals surface area contributed by atoms with Crippen molar-refractivity contribution >= 4 is 0 Å². The third kappa shape index (κ3) is 8.32. The number of ether oxygens (including phenoxy) is 1. The first kappa shape index (κ1) is 16.6. The first-order chi connectivity index (χ1) is 8.15. The lowest BCUT2D eigenvalue weighted by atomic mass is 10.3. The number of nitrogens with zero attached hydrogens (tertiary/aromatic N) is 1. The predicted octanol–water partition coefficient (Wildman–Crippen LogP) is 1.73. The molecule has 0 aromatic heterocycles. The van der Waals surface area contributed by atoms with Gasteiger partial charge in [0.2, 0.25) is 0 Å². The van der Waals surface area contributed by atoms with Gasteiger partial charge in [0.25, 0.3) is 0 Å². The molecular formula is C13H27NO3. The largest absolute Gasteiger partial charge is 0.375 e. The topological polar surface area (TPSA) is 52.9 Å². The van der Waals surface area contributed by atoms with Gasteiger partial charge in [-0.1, -0.05) is 26.8 Å². The van der Waals surface area contributed by atoms with Gasteiger partial charge in [-0.2, -0.15) is 0 Å². The van der Waals surface area contributed by atoms with Crippen molar-refractivity contribution < 1.29 is 14.9 Å². The highest BCUT2D eigenvalue weighted by Gasteiger charge is 2.09. The van der Waals surface area contributed by atoms with Crippen molar-refractivity contribution in [3.8, 4) is 0 Å². The van der Waals surface area contributed by atoms with Crippen LogP contribution in [-0.2, 0) is 4.74 Å². The Morgan fingerprint density at radius 2 is 2.00 bits per heavy atom. The number of aliphatic hydroxyl groups excluding tert-OH is 2. The molecule has 0 radical (unpaired) electrons. The van der Waals surface area contributed by atoms with Crippen LogP contribution in [-0.4, -0.2) is 47.3 Å². The first-order valence-corrected chi connectivity index (χ1v) is 6.50. The van der Waals surface area contributed by atoms with Gasteiger partial charge in [-0.15, -0.1) is 0 Å². The van der Waals surface area contributed by atoms with E-state index in [-0.39, 0.29) is 0 Å². The molecule has 0 aromatic carbocycles. The fourth-order valence-electron chi connectivity index (χ4n) is 1.59. The molecule has 2 unspecified atom stereocenters. The molecule has 0 aliphatic carbocycles. The fraction of sp³-hybridized carbons (Fsp3) is 0.846. The Hall–Kier alpha value is -0.420. The normalized spacial score (nSPS) is 14.9. The molecule has 0 heterocycles. The summed E-state index contributed by atoms with van der Waals surface area (Å²) in [4.78, 5) is 1.94. The summed E-state index contributed by atoms with van der Waals surface area (Å²) in [5.41, 5.74) is 0.